The lowest BCUT2D eigenvalue weighted by Crippen LogP contribution is -2.20. The van der Waals surface area contributed by atoms with Crippen LogP contribution in [0.4, 0.5) is 5.69 Å². The number of rotatable bonds is 7. The molecule has 3 aromatic carbocycles. The van der Waals surface area contributed by atoms with E-state index in [1.54, 1.807) is 24.3 Å². The molecule has 0 aromatic heterocycles. The number of aryl methyl sites for hydroxylation is 2. The molecule has 158 valence electrons. The summed E-state index contributed by atoms with van der Waals surface area (Å²) in [6.45, 7) is 3.87. The normalized spacial score (nSPS) is 10.6. The van der Waals surface area contributed by atoms with Gasteiger partial charge in [-0.25, -0.2) is 5.43 Å². The maximum atomic E-state index is 12.1. The number of hydrogen-bond donors (Lipinski definition) is 3. The van der Waals surface area contributed by atoms with Crippen molar-refractivity contribution >= 4 is 23.7 Å². The Morgan fingerprint density at radius 2 is 1.77 bits per heavy atom. The van der Waals surface area contributed by atoms with E-state index in [1.807, 2.05) is 32.0 Å². The van der Waals surface area contributed by atoms with Crippen LogP contribution in [0, 0.1) is 13.8 Å². The molecule has 0 saturated carbocycles. The molecule has 0 atom stereocenters. The van der Waals surface area contributed by atoms with Crippen LogP contribution in [-0.2, 0) is 4.79 Å². The lowest BCUT2D eigenvalue weighted by molar-refractivity contribution is -0.118. The van der Waals surface area contributed by atoms with Crippen LogP contribution in [0.25, 0.3) is 0 Å². The molecule has 0 radical (unpaired) electrons. The first kappa shape index (κ1) is 21.6. The molecule has 0 bridgehead atoms. The number of nitrogens with zero attached hydrogens (tertiary/aromatic N) is 1. The zero-order valence-electron chi connectivity index (χ0n) is 17.3. The van der Waals surface area contributed by atoms with Gasteiger partial charge in [-0.05, 0) is 79.1 Å². The molecular formula is C24H23N3O4. The third kappa shape index (κ3) is 6.43. The Kier molecular flexibility index (Phi) is 7.01. The number of carbonyl (C=O) groups is 2. The molecule has 0 aliphatic carbocycles. The van der Waals surface area contributed by atoms with E-state index in [1.165, 1.54) is 30.5 Å². The third-order valence-electron chi connectivity index (χ3n) is 4.53. The van der Waals surface area contributed by atoms with E-state index in [4.69, 9.17) is 4.74 Å². The maximum absolute atomic E-state index is 12.1. The van der Waals surface area contributed by atoms with Crippen molar-refractivity contribution in [3.8, 4) is 11.5 Å². The van der Waals surface area contributed by atoms with Gasteiger partial charge in [0.2, 0.25) is 0 Å². The topological polar surface area (TPSA) is 100 Å². The van der Waals surface area contributed by atoms with E-state index in [-0.39, 0.29) is 18.3 Å². The molecule has 0 heterocycles. The molecule has 0 unspecified atom stereocenters. The van der Waals surface area contributed by atoms with E-state index < -0.39 is 5.91 Å². The molecule has 7 heteroatoms. The van der Waals surface area contributed by atoms with Crippen molar-refractivity contribution < 1.29 is 19.4 Å². The Morgan fingerprint density at radius 1 is 1.00 bits per heavy atom. The smallest absolute Gasteiger partial charge is 0.271 e. The van der Waals surface area contributed by atoms with Crippen molar-refractivity contribution in [3.63, 3.8) is 0 Å². The van der Waals surface area contributed by atoms with Gasteiger partial charge < -0.3 is 15.2 Å². The average Bonchev–Trinajstić information content (AvgIpc) is 2.75. The van der Waals surface area contributed by atoms with Crippen LogP contribution in [0.1, 0.15) is 27.0 Å². The van der Waals surface area contributed by atoms with Crippen molar-refractivity contribution in [2.24, 2.45) is 5.10 Å². The minimum Gasteiger partial charge on any atom is -0.508 e. The lowest BCUT2D eigenvalue weighted by Gasteiger charge is -2.09. The second-order valence-electron chi connectivity index (χ2n) is 6.95. The van der Waals surface area contributed by atoms with E-state index in [2.05, 4.69) is 15.8 Å². The highest BCUT2D eigenvalue weighted by molar-refractivity contribution is 5.95. The maximum Gasteiger partial charge on any atom is 0.271 e. The summed E-state index contributed by atoms with van der Waals surface area (Å²) < 4.78 is 5.56. The first-order valence-corrected chi connectivity index (χ1v) is 9.63. The fourth-order valence-corrected chi connectivity index (χ4v) is 2.69. The fourth-order valence-electron chi connectivity index (χ4n) is 2.69. The molecule has 0 aliphatic rings. The van der Waals surface area contributed by atoms with Gasteiger partial charge in [0.15, 0.2) is 6.61 Å². The van der Waals surface area contributed by atoms with Crippen molar-refractivity contribution in [2.75, 3.05) is 11.9 Å². The van der Waals surface area contributed by atoms with Gasteiger partial charge in [-0.2, -0.15) is 5.10 Å². The molecule has 3 aromatic rings. The molecule has 0 aliphatic heterocycles. The Hall–Kier alpha value is -4.13. The molecule has 3 rings (SSSR count). The molecule has 2 amide bonds. The van der Waals surface area contributed by atoms with Gasteiger partial charge in [0.05, 0.1) is 6.21 Å². The van der Waals surface area contributed by atoms with Crippen molar-refractivity contribution in [3.05, 3.63) is 89.0 Å². The van der Waals surface area contributed by atoms with Crippen molar-refractivity contribution in [1.29, 1.82) is 0 Å². The predicted octanol–water partition coefficient (Wildman–Crippen LogP) is 3.79. The van der Waals surface area contributed by atoms with Crippen LogP contribution in [0.2, 0.25) is 0 Å². The van der Waals surface area contributed by atoms with Gasteiger partial charge in [0.25, 0.3) is 11.8 Å². The zero-order chi connectivity index (χ0) is 22.2. The summed E-state index contributed by atoms with van der Waals surface area (Å²) in [6, 6.07) is 18.6. The van der Waals surface area contributed by atoms with E-state index in [0.717, 1.165) is 16.8 Å². The summed E-state index contributed by atoms with van der Waals surface area (Å²) in [5.41, 5.74) is 6.47. The number of amides is 2. The number of carbonyl (C=O) groups excluding carboxylic acids is 2. The SMILES string of the molecule is Cc1ccc(NC(=O)COc2cccc(/C=N\NC(=O)c3ccc(O)cc3)c2)cc1C. The first-order valence-electron chi connectivity index (χ1n) is 9.63. The quantitative estimate of drug-likeness (QED) is 0.402. The number of hydrogen-bond acceptors (Lipinski definition) is 5. The predicted molar refractivity (Wildman–Crippen MR) is 120 cm³/mol. The largest absolute Gasteiger partial charge is 0.508 e. The number of aromatic hydroxyl groups is 1. The number of nitrogens with one attached hydrogen (secondary N) is 2. The molecule has 3 N–H and O–H groups in total. The lowest BCUT2D eigenvalue weighted by atomic mass is 10.1. The first-order chi connectivity index (χ1) is 14.9. The Labute approximate surface area is 180 Å². The number of anilines is 1. The monoisotopic (exact) mass is 417 g/mol. The summed E-state index contributed by atoms with van der Waals surface area (Å²) >= 11 is 0. The number of phenols is 1. The summed E-state index contributed by atoms with van der Waals surface area (Å²) in [5.74, 6) is -0.0706. The fraction of sp³-hybridized carbons (Fsp3) is 0.125. The number of phenolic OH excluding ortho intramolecular Hbond substituents is 1. The van der Waals surface area contributed by atoms with E-state index in [9.17, 15) is 14.7 Å². The summed E-state index contributed by atoms with van der Waals surface area (Å²) in [4.78, 5) is 24.1. The minimum absolute atomic E-state index is 0.0829. The summed E-state index contributed by atoms with van der Waals surface area (Å²) in [6.07, 6.45) is 1.47. The van der Waals surface area contributed by atoms with Gasteiger partial charge in [0.1, 0.15) is 11.5 Å². The molecule has 7 nitrogen and oxygen atoms in total. The van der Waals surface area contributed by atoms with Gasteiger partial charge in [0, 0.05) is 11.3 Å². The number of benzene rings is 3. The third-order valence-corrected chi connectivity index (χ3v) is 4.53. The molecule has 31 heavy (non-hydrogen) atoms. The highest BCUT2D eigenvalue weighted by atomic mass is 16.5. The van der Waals surface area contributed by atoms with Gasteiger partial charge in [-0.15, -0.1) is 0 Å². The second-order valence-corrected chi connectivity index (χ2v) is 6.95. The Bertz CT molecular complexity index is 1110. The van der Waals surface area contributed by atoms with Crippen LogP contribution in [0.5, 0.6) is 11.5 Å². The zero-order valence-corrected chi connectivity index (χ0v) is 17.3. The second kappa shape index (κ2) is 10.1. The molecule has 0 fully saturated rings. The van der Waals surface area contributed by atoms with Crippen LogP contribution < -0.4 is 15.5 Å². The van der Waals surface area contributed by atoms with Gasteiger partial charge >= 0.3 is 0 Å². The van der Waals surface area contributed by atoms with Crippen molar-refractivity contribution in [1.82, 2.24) is 5.43 Å². The number of ether oxygens (including phenoxy) is 1. The molecular weight excluding hydrogens is 394 g/mol. The Balaban J connectivity index is 1.51. The Morgan fingerprint density at radius 3 is 2.52 bits per heavy atom. The van der Waals surface area contributed by atoms with Crippen LogP contribution >= 0.6 is 0 Å². The van der Waals surface area contributed by atoms with Crippen LogP contribution in [0.15, 0.2) is 71.8 Å². The highest BCUT2D eigenvalue weighted by Crippen LogP contribution is 2.15. The number of hydrazone groups is 1. The minimum atomic E-state index is -0.397. The highest BCUT2D eigenvalue weighted by Gasteiger charge is 2.06. The summed E-state index contributed by atoms with van der Waals surface area (Å²) in [5, 5.41) is 16.0. The molecule has 0 spiro atoms. The van der Waals surface area contributed by atoms with E-state index >= 15 is 0 Å². The summed E-state index contributed by atoms with van der Waals surface area (Å²) in [7, 11) is 0. The standard InChI is InChI=1S/C24H23N3O4/c1-16-6-9-20(12-17(16)2)26-23(29)15-31-22-5-3-4-18(13-22)14-25-27-24(30)19-7-10-21(28)11-8-19/h3-14,28H,15H2,1-2H3,(H,26,29)(H,27,30)/b25-14-. The van der Waals surface area contributed by atoms with Crippen LogP contribution in [0.3, 0.4) is 0 Å². The molecule has 0 saturated heterocycles. The van der Waals surface area contributed by atoms with Crippen LogP contribution in [-0.4, -0.2) is 29.7 Å². The average molecular weight is 417 g/mol. The van der Waals surface area contributed by atoms with Gasteiger partial charge in [-0.1, -0.05) is 18.2 Å². The van der Waals surface area contributed by atoms with Gasteiger partial charge in [-0.3, -0.25) is 9.59 Å². The van der Waals surface area contributed by atoms with E-state index in [0.29, 0.717) is 16.9 Å². The van der Waals surface area contributed by atoms with Crippen molar-refractivity contribution in [2.45, 2.75) is 13.8 Å².